The average molecular weight is 409 g/mol. The molecule has 0 saturated carbocycles. The van der Waals surface area contributed by atoms with Crippen molar-refractivity contribution in [1.29, 1.82) is 0 Å². The smallest absolute Gasteiger partial charge is 0.407 e. The third kappa shape index (κ3) is 4.05. The number of fused-ring (bicyclic) bond motifs is 3. The Hall–Kier alpha value is -2.86. The van der Waals surface area contributed by atoms with Gasteiger partial charge in [0.1, 0.15) is 6.61 Å². The molecule has 0 bridgehead atoms. The molecule has 0 aromatic heterocycles. The maximum absolute atomic E-state index is 12.6. The van der Waals surface area contributed by atoms with Gasteiger partial charge in [0.15, 0.2) is 6.10 Å². The molecule has 1 saturated heterocycles. The van der Waals surface area contributed by atoms with Crippen LogP contribution in [-0.2, 0) is 14.3 Å². The lowest BCUT2D eigenvalue weighted by Crippen LogP contribution is -2.51. The molecule has 1 aliphatic heterocycles. The summed E-state index contributed by atoms with van der Waals surface area (Å²) in [4.78, 5) is 23.8. The first kappa shape index (κ1) is 20.4. The Labute approximate surface area is 176 Å². The molecule has 1 aliphatic carbocycles. The highest BCUT2D eigenvalue weighted by Crippen LogP contribution is 2.44. The molecule has 2 aromatic carbocycles. The fourth-order valence-electron chi connectivity index (χ4n) is 4.58. The van der Waals surface area contributed by atoms with Gasteiger partial charge in [0, 0.05) is 5.92 Å². The number of alkyl carbamates (subject to hydrolysis) is 1. The topological polar surface area (TPSA) is 84.9 Å². The molecular formula is C24H27NO5. The monoisotopic (exact) mass is 409 g/mol. The van der Waals surface area contributed by atoms with Gasteiger partial charge >= 0.3 is 12.1 Å². The SMILES string of the molecule is CCC[C@H]1O[C@H](C(=O)O)CC[C@@H]1NC(=O)OCC1c2ccccc2-c2ccccc21. The Balaban J connectivity index is 1.40. The normalized spacial score (nSPS) is 22.8. The average Bonchev–Trinajstić information content (AvgIpc) is 3.07. The molecule has 0 unspecified atom stereocenters. The van der Waals surface area contributed by atoms with Crippen LogP contribution in [0.4, 0.5) is 4.79 Å². The standard InChI is InChI=1S/C24H27NO5/c1-2-7-21-20(12-13-22(30-21)23(26)27)25-24(28)29-14-19-17-10-5-3-8-15(17)16-9-4-6-11-18(16)19/h3-6,8-11,19-22H,2,7,12-14H2,1H3,(H,25,28)(H,26,27)/t20-,21+,22-/m0/s1. The fraction of sp³-hybridized carbons (Fsp3) is 0.417. The third-order valence-corrected chi connectivity index (χ3v) is 6.02. The lowest BCUT2D eigenvalue weighted by atomic mass is 9.95. The number of carbonyl (C=O) groups excluding carboxylic acids is 1. The van der Waals surface area contributed by atoms with Gasteiger partial charge in [-0.3, -0.25) is 0 Å². The van der Waals surface area contributed by atoms with E-state index in [-0.39, 0.29) is 24.7 Å². The van der Waals surface area contributed by atoms with E-state index in [4.69, 9.17) is 9.47 Å². The zero-order valence-corrected chi connectivity index (χ0v) is 17.0. The first-order valence-electron chi connectivity index (χ1n) is 10.6. The lowest BCUT2D eigenvalue weighted by molar-refractivity contribution is -0.161. The minimum Gasteiger partial charge on any atom is -0.479 e. The second kappa shape index (κ2) is 8.88. The number of carboxylic acid groups (broad SMARTS) is 1. The molecular weight excluding hydrogens is 382 g/mol. The second-order valence-corrected chi connectivity index (χ2v) is 7.94. The number of carboxylic acids is 1. The highest BCUT2D eigenvalue weighted by molar-refractivity contribution is 5.79. The number of benzene rings is 2. The summed E-state index contributed by atoms with van der Waals surface area (Å²) in [6, 6.07) is 16.2. The number of ether oxygens (including phenoxy) is 2. The van der Waals surface area contributed by atoms with E-state index in [2.05, 4.69) is 29.6 Å². The van der Waals surface area contributed by atoms with Crippen molar-refractivity contribution in [3.05, 3.63) is 59.7 Å². The van der Waals surface area contributed by atoms with Crippen molar-refractivity contribution in [3.63, 3.8) is 0 Å². The number of rotatable bonds is 6. The molecule has 1 fully saturated rings. The lowest BCUT2D eigenvalue weighted by Gasteiger charge is -2.35. The number of amides is 1. The van der Waals surface area contributed by atoms with Crippen LogP contribution in [-0.4, -0.2) is 42.0 Å². The molecule has 0 radical (unpaired) electrons. The molecule has 4 rings (SSSR count). The number of nitrogens with one attached hydrogen (secondary N) is 1. The number of hydrogen-bond donors (Lipinski definition) is 2. The van der Waals surface area contributed by atoms with Gasteiger partial charge in [-0.2, -0.15) is 0 Å². The Morgan fingerprint density at radius 3 is 2.30 bits per heavy atom. The summed E-state index contributed by atoms with van der Waals surface area (Å²) >= 11 is 0. The number of hydrogen-bond acceptors (Lipinski definition) is 4. The summed E-state index contributed by atoms with van der Waals surface area (Å²) in [5.74, 6) is -0.940. The number of carbonyl (C=O) groups is 2. The van der Waals surface area contributed by atoms with E-state index in [0.717, 1.165) is 6.42 Å². The second-order valence-electron chi connectivity index (χ2n) is 7.94. The van der Waals surface area contributed by atoms with E-state index in [9.17, 15) is 14.7 Å². The quantitative estimate of drug-likeness (QED) is 0.742. The van der Waals surface area contributed by atoms with Gasteiger partial charge in [-0.15, -0.1) is 0 Å². The highest BCUT2D eigenvalue weighted by Gasteiger charge is 2.35. The number of aliphatic carboxylic acids is 1. The molecule has 6 heteroatoms. The van der Waals surface area contributed by atoms with Crippen molar-refractivity contribution in [2.24, 2.45) is 0 Å². The van der Waals surface area contributed by atoms with E-state index in [1.54, 1.807) is 0 Å². The Morgan fingerprint density at radius 1 is 1.07 bits per heavy atom. The maximum atomic E-state index is 12.6. The Kier molecular flexibility index (Phi) is 6.04. The van der Waals surface area contributed by atoms with Crippen LogP contribution in [0.2, 0.25) is 0 Å². The predicted octanol–water partition coefficient (Wildman–Crippen LogP) is 4.33. The summed E-state index contributed by atoms with van der Waals surface area (Å²) in [5.41, 5.74) is 4.71. The molecule has 158 valence electrons. The van der Waals surface area contributed by atoms with Crippen LogP contribution in [0.15, 0.2) is 48.5 Å². The van der Waals surface area contributed by atoms with E-state index < -0.39 is 18.2 Å². The van der Waals surface area contributed by atoms with Gasteiger partial charge in [-0.1, -0.05) is 61.9 Å². The summed E-state index contributed by atoms with van der Waals surface area (Å²) in [7, 11) is 0. The van der Waals surface area contributed by atoms with Crippen LogP contribution in [0.5, 0.6) is 0 Å². The van der Waals surface area contributed by atoms with Crippen molar-refractivity contribution in [2.45, 2.75) is 56.8 Å². The van der Waals surface area contributed by atoms with Crippen LogP contribution in [0.25, 0.3) is 11.1 Å². The summed E-state index contributed by atoms with van der Waals surface area (Å²) in [6.45, 7) is 2.27. The molecule has 2 N–H and O–H groups in total. The molecule has 3 atom stereocenters. The molecule has 0 spiro atoms. The summed E-state index contributed by atoms with van der Waals surface area (Å²) < 4.78 is 11.3. The predicted molar refractivity (Wildman–Crippen MR) is 112 cm³/mol. The molecule has 1 heterocycles. The zero-order chi connectivity index (χ0) is 21.1. The van der Waals surface area contributed by atoms with Crippen molar-refractivity contribution >= 4 is 12.1 Å². The van der Waals surface area contributed by atoms with Crippen molar-refractivity contribution in [1.82, 2.24) is 5.32 Å². The van der Waals surface area contributed by atoms with Crippen molar-refractivity contribution in [2.75, 3.05) is 6.61 Å². The van der Waals surface area contributed by atoms with Gasteiger partial charge in [-0.05, 0) is 41.5 Å². The minimum absolute atomic E-state index is 0.00795. The Bertz CT molecular complexity index is 882. The molecule has 30 heavy (non-hydrogen) atoms. The van der Waals surface area contributed by atoms with E-state index in [0.29, 0.717) is 19.3 Å². The largest absolute Gasteiger partial charge is 0.479 e. The van der Waals surface area contributed by atoms with E-state index in [1.807, 2.05) is 31.2 Å². The van der Waals surface area contributed by atoms with Crippen molar-refractivity contribution < 1.29 is 24.2 Å². The van der Waals surface area contributed by atoms with Gasteiger partial charge in [0.05, 0.1) is 12.1 Å². The molecule has 2 aromatic rings. The van der Waals surface area contributed by atoms with Crippen LogP contribution in [0, 0.1) is 0 Å². The van der Waals surface area contributed by atoms with Crippen LogP contribution in [0.1, 0.15) is 49.7 Å². The van der Waals surface area contributed by atoms with Gasteiger partial charge < -0.3 is 19.9 Å². The maximum Gasteiger partial charge on any atom is 0.407 e. The summed E-state index contributed by atoms with van der Waals surface area (Å²) in [5, 5.41) is 12.1. The molecule has 1 amide bonds. The van der Waals surface area contributed by atoms with Crippen LogP contribution in [0.3, 0.4) is 0 Å². The van der Waals surface area contributed by atoms with Crippen molar-refractivity contribution in [3.8, 4) is 11.1 Å². The van der Waals surface area contributed by atoms with Crippen LogP contribution >= 0.6 is 0 Å². The minimum atomic E-state index is -0.948. The van der Waals surface area contributed by atoms with Gasteiger partial charge in [-0.25, -0.2) is 9.59 Å². The zero-order valence-electron chi connectivity index (χ0n) is 17.0. The molecule has 2 aliphatic rings. The van der Waals surface area contributed by atoms with E-state index in [1.165, 1.54) is 22.3 Å². The van der Waals surface area contributed by atoms with Gasteiger partial charge in [0.25, 0.3) is 0 Å². The van der Waals surface area contributed by atoms with Crippen LogP contribution < -0.4 is 5.32 Å². The highest BCUT2D eigenvalue weighted by atomic mass is 16.6. The third-order valence-electron chi connectivity index (χ3n) is 6.02. The fourth-order valence-corrected chi connectivity index (χ4v) is 4.58. The first-order chi connectivity index (χ1) is 14.6. The van der Waals surface area contributed by atoms with E-state index >= 15 is 0 Å². The van der Waals surface area contributed by atoms with Gasteiger partial charge in [0.2, 0.25) is 0 Å². The first-order valence-corrected chi connectivity index (χ1v) is 10.6. The summed E-state index contributed by atoms with van der Waals surface area (Å²) in [6.07, 6.45) is 0.876. The molecule has 6 nitrogen and oxygen atoms in total. The Morgan fingerprint density at radius 2 is 1.70 bits per heavy atom.